The summed E-state index contributed by atoms with van der Waals surface area (Å²) < 4.78 is 48.1. The Hall–Kier alpha value is -0.900. The van der Waals surface area contributed by atoms with Crippen LogP contribution in [0.15, 0.2) is 23.9 Å². The average molecular weight is 282 g/mol. The van der Waals surface area contributed by atoms with Crippen LogP contribution in [0.4, 0.5) is 0 Å². The molecule has 98 valence electrons. The minimum Gasteiger partial charge on any atom is -0.371 e. The second kappa shape index (κ2) is 4.41. The average Bonchev–Trinajstić information content (AvgIpc) is 2.04. The molecule has 0 bridgehead atoms. The third-order valence-corrected chi connectivity index (χ3v) is 3.17. The quantitative estimate of drug-likeness (QED) is 0.550. The SMILES string of the molecule is CS(=O)(=O)NC1=CCC(O)(NS(C)(=O)=O)C=C1. The molecule has 0 saturated heterocycles. The van der Waals surface area contributed by atoms with E-state index in [4.69, 9.17) is 0 Å². The lowest BCUT2D eigenvalue weighted by Gasteiger charge is -2.26. The highest BCUT2D eigenvalue weighted by molar-refractivity contribution is 7.89. The van der Waals surface area contributed by atoms with Gasteiger partial charge in [0.1, 0.15) is 0 Å². The Morgan fingerprint density at radius 3 is 2.18 bits per heavy atom. The highest BCUT2D eigenvalue weighted by Gasteiger charge is 2.28. The van der Waals surface area contributed by atoms with Gasteiger partial charge in [-0.25, -0.2) is 16.8 Å². The van der Waals surface area contributed by atoms with E-state index >= 15 is 0 Å². The molecular formula is C8H14N2O5S2. The van der Waals surface area contributed by atoms with Crippen LogP contribution >= 0.6 is 0 Å². The molecule has 0 aromatic carbocycles. The van der Waals surface area contributed by atoms with E-state index in [1.54, 1.807) is 0 Å². The zero-order valence-electron chi connectivity index (χ0n) is 9.34. The molecule has 3 N–H and O–H groups in total. The van der Waals surface area contributed by atoms with Crippen LogP contribution in [0.2, 0.25) is 0 Å². The lowest BCUT2D eigenvalue weighted by atomic mass is 10.0. The molecule has 1 aliphatic carbocycles. The first-order chi connectivity index (χ1) is 7.49. The number of rotatable bonds is 4. The van der Waals surface area contributed by atoms with E-state index in [0.717, 1.165) is 12.5 Å². The smallest absolute Gasteiger partial charge is 0.229 e. The van der Waals surface area contributed by atoms with Crippen LogP contribution in [0.3, 0.4) is 0 Å². The fraction of sp³-hybridized carbons (Fsp3) is 0.500. The summed E-state index contributed by atoms with van der Waals surface area (Å²) in [5, 5.41) is 9.82. The van der Waals surface area contributed by atoms with Crippen molar-refractivity contribution in [2.45, 2.75) is 12.1 Å². The van der Waals surface area contributed by atoms with Crippen molar-refractivity contribution < 1.29 is 21.9 Å². The van der Waals surface area contributed by atoms with Crippen LogP contribution in [-0.2, 0) is 20.0 Å². The largest absolute Gasteiger partial charge is 0.371 e. The molecule has 1 rings (SSSR count). The van der Waals surface area contributed by atoms with Gasteiger partial charge in [-0.15, -0.1) is 0 Å². The molecule has 0 aromatic rings. The van der Waals surface area contributed by atoms with Gasteiger partial charge in [0.05, 0.1) is 12.5 Å². The highest BCUT2D eigenvalue weighted by Crippen LogP contribution is 2.18. The minimum absolute atomic E-state index is 0.0611. The van der Waals surface area contributed by atoms with Crippen molar-refractivity contribution in [2.75, 3.05) is 12.5 Å². The molecule has 0 amide bonds. The fourth-order valence-corrected chi connectivity index (χ4v) is 2.69. The maximum atomic E-state index is 11.0. The van der Waals surface area contributed by atoms with Crippen molar-refractivity contribution in [3.8, 4) is 0 Å². The third kappa shape index (κ3) is 5.31. The van der Waals surface area contributed by atoms with E-state index in [0.29, 0.717) is 0 Å². The zero-order chi connectivity index (χ0) is 13.3. The molecule has 9 heteroatoms. The van der Waals surface area contributed by atoms with E-state index < -0.39 is 25.8 Å². The molecule has 0 fully saturated rings. The molecule has 0 aliphatic heterocycles. The Balaban J connectivity index is 2.77. The zero-order valence-corrected chi connectivity index (χ0v) is 11.0. The Morgan fingerprint density at radius 1 is 1.24 bits per heavy atom. The fourth-order valence-electron chi connectivity index (χ4n) is 1.32. The van der Waals surface area contributed by atoms with E-state index in [-0.39, 0.29) is 12.1 Å². The molecule has 0 radical (unpaired) electrons. The van der Waals surface area contributed by atoms with Crippen LogP contribution in [0.25, 0.3) is 0 Å². The van der Waals surface area contributed by atoms with Crippen LogP contribution in [0, 0.1) is 0 Å². The molecule has 1 atom stereocenters. The maximum absolute atomic E-state index is 11.0. The van der Waals surface area contributed by atoms with Crippen LogP contribution in [0.1, 0.15) is 6.42 Å². The Kier molecular flexibility index (Phi) is 3.67. The number of allylic oxidation sites excluding steroid dienone is 1. The van der Waals surface area contributed by atoms with Gasteiger partial charge in [-0.3, -0.25) is 4.72 Å². The Morgan fingerprint density at radius 2 is 1.82 bits per heavy atom. The summed E-state index contributed by atoms with van der Waals surface area (Å²) in [5.74, 6) is 0. The monoisotopic (exact) mass is 282 g/mol. The first-order valence-corrected chi connectivity index (χ1v) is 8.36. The van der Waals surface area contributed by atoms with Gasteiger partial charge in [-0.1, -0.05) is 6.08 Å². The van der Waals surface area contributed by atoms with Crippen molar-refractivity contribution in [2.24, 2.45) is 0 Å². The van der Waals surface area contributed by atoms with Crippen molar-refractivity contribution in [1.29, 1.82) is 0 Å². The van der Waals surface area contributed by atoms with Crippen LogP contribution in [0.5, 0.6) is 0 Å². The van der Waals surface area contributed by atoms with Crippen LogP contribution < -0.4 is 9.44 Å². The van der Waals surface area contributed by atoms with Gasteiger partial charge in [-0.2, -0.15) is 4.72 Å². The summed E-state index contributed by atoms with van der Waals surface area (Å²) in [6.45, 7) is 0. The summed E-state index contributed by atoms with van der Waals surface area (Å²) in [4.78, 5) is 0. The first kappa shape index (κ1) is 14.2. The maximum Gasteiger partial charge on any atom is 0.229 e. The molecule has 0 heterocycles. The van der Waals surface area contributed by atoms with Crippen molar-refractivity contribution in [1.82, 2.24) is 9.44 Å². The Labute approximate surface area is 100 Å². The lowest BCUT2D eigenvalue weighted by molar-refractivity contribution is 0.0812. The van der Waals surface area contributed by atoms with Crippen LogP contribution in [-0.4, -0.2) is 40.2 Å². The van der Waals surface area contributed by atoms with Gasteiger partial charge in [-0.05, 0) is 12.2 Å². The number of nitrogens with one attached hydrogen (secondary N) is 2. The summed E-state index contributed by atoms with van der Waals surface area (Å²) in [6, 6.07) is 0. The molecule has 0 saturated carbocycles. The third-order valence-electron chi connectivity index (χ3n) is 1.84. The summed E-state index contributed by atoms with van der Waals surface area (Å²) in [5.41, 5.74) is -1.43. The normalized spacial score (nSPS) is 25.5. The predicted octanol–water partition coefficient (Wildman–Crippen LogP) is -1.38. The van der Waals surface area contributed by atoms with Crippen molar-refractivity contribution >= 4 is 20.0 Å². The van der Waals surface area contributed by atoms with E-state index in [1.807, 2.05) is 4.72 Å². The molecule has 17 heavy (non-hydrogen) atoms. The highest BCUT2D eigenvalue weighted by atomic mass is 32.2. The first-order valence-electron chi connectivity index (χ1n) is 4.58. The standard InChI is InChI=1S/C8H14N2O5S2/c1-16(12,13)9-7-3-5-8(11,6-4-7)10-17(2,14)15/h3-5,9-11H,6H2,1-2H3. The van der Waals surface area contributed by atoms with E-state index in [1.165, 1.54) is 18.2 Å². The number of hydrogen-bond acceptors (Lipinski definition) is 5. The predicted molar refractivity (Wildman–Crippen MR) is 62.7 cm³/mol. The molecule has 1 aliphatic rings. The van der Waals surface area contributed by atoms with Gasteiger partial charge in [0.2, 0.25) is 20.0 Å². The lowest BCUT2D eigenvalue weighted by Crippen LogP contribution is -2.47. The second-order valence-corrected chi connectivity index (χ2v) is 7.37. The topological polar surface area (TPSA) is 113 Å². The molecule has 7 nitrogen and oxygen atoms in total. The minimum atomic E-state index is -3.55. The molecule has 0 aromatic heterocycles. The molecular weight excluding hydrogens is 268 g/mol. The number of sulfonamides is 2. The summed E-state index contributed by atoms with van der Waals surface area (Å²) in [7, 11) is -6.94. The van der Waals surface area contributed by atoms with Gasteiger partial charge in [0, 0.05) is 12.1 Å². The second-order valence-electron chi connectivity index (χ2n) is 3.87. The van der Waals surface area contributed by atoms with Crippen molar-refractivity contribution in [3.63, 3.8) is 0 Å². The van der Waals surface area contributed by atoms with E-state index in [9.17, 15) is 21.9 Å². The van der Waals surface area contributed by atoms with E-state index in [2.05, 4.69) is 4.72 Å². The molecule has 1 unspecified atom stereocenters. The number of aliphatic hydroxyl groups is 1. The van der Waals surface area contributed by atoms with Gasteiger partial charge in [0.15, 0.2) is 5.72 Å². The van der Waals surface area contributed by atoms with Crippen molar-refractivity contribution in [3.05, 3.63) is 23.9 Å². The van der Waals surface area contributed by atoms with Gasteiger partial charge < -0.3 is 5.11 Å². The Bertz CT molecular complexity index is 561. The molecule has 0 spiro atoms. The summed E-state index contributed by atoms with van der Waals surface area (Å²) in [6.07, 6.45) is 5.72. The number of hydrogen-bond donors (Lipinski definition) is 3. The van der Waals surface area contributed by atoms with Gasteiger partial charge in [0.25, 0.3) is 0 Å². The van der Waals surface area contributed by atoms with Gasteiger partial charge >= 0.3 is 0 Å². The summed E-state index contributed by atoms with van der Waals surface area (Å²) >= 11 is 0.